The van der Waals surface area contributed by atoms with Gasteiger partial charge in [-0.2, -0.15) is 0 Å². The number of furan rings is 2. The highest BCUT2D eigenvalue weighted by Gasteiger charge is 2.35. The fourth-order valence-corrected chi connectivity index (χ4v) is 8.74. The Hall–Kier alpha value is -6.58. The SMILES string of the molecule is CC1(C)c2ccccc2-c2cc(-c3ccc(N(c4cccc5c4oc4c6ccccc6ccc54)c4cccc5oc6ccccc6c45)cc3)ccc21. The zero-order valence-electron chi connectivity index (χ0n) is 28.9. The molecule has 0 radical (unpaired) electrons. The van der Waals surface area contributed by atoms with Crippen molar-refractivity contribution in [2.45, 2.75) is 19.3 Å². The average Bonchev–Trinajstić information content (AvgIpc) is 3.84. The molecule has 8 aromatic carbocycles. The highest BCUT2D eigenvalue weighted by Crippen LogP contribution is 2.50. The van der Waals surface area contributed by atoms with Gasteiger partial charge in [-0.15, -0.1) is 0 Å². The van der Waals surface area contributed by atoms with E-state index in [1.54, 1.807) is 0 Å². The molecule has 0 spiro atoms. The van der Waals surface area contributed by atoms with Crippen LogP contribution in [0.15, 0.2) is 173 Å². The first-order chi connectivity index (χ1) is 25.5. The normalized spacial score (nSPS) is 13.3. The summed E-state index contributed by atoms with van der Waals surface area (Å²) in [4.78, 5) is 2.34. The zero-order valence-corrected chi connectivity index (χ0v) is 28.9. The number of benzene rings is 8. The van der Waals surface area contributed by atoms with Crippen LogP contribution in [-0.2, 0) is 5.41 Å². The van der Waals surface area contributed by atoms with E-state index in [1.165, 1.54) is 33.4 Å². The van der Waals surface area contributed by atoms with Crippen molar-refractivity contribution >= 4 is 71.7 Å². The van der Waals surface area contributed by atoms with Crippen molar-refractivity contribution in [2.24, 2.45) is 0 Å². The maximum Gasteiger partial charge on any atom is 0.159 e. The summed E-state index contributed by atoms with van der Waals surface area (Å²) in [6.07, 6.45) is 0. The molecule has 0 fully saturated rings. The Labute approximate surface area is 301 Å². The predicted molar refractivity (Wildman–Crippen MR) is 216 cm³/mol. The van der Waals surface area contributed by atoms with E-state index in [4.69, 9.17) is 8.83 Å². The van der Waals surface area contributed by atoms with Crippen molar-refractivity contribution in [2.75, 3.05) is 4.90 Å². The fourth-order valence-electron chi connectivity index (χ4n) is 8.74. The monoisotopic (exact) mass is 667 g/mol. The predicted octanol–water partition coefficient (Wildman–Crippen LogP) is 14.1. The molecule has 246 valence electrons. The summed E-state index contributed by atoms with van der Waals surface area (Å²) in [6, 6.07) is 58.7. The van der Waals surface area contributed by atoms with Gasteiger partial charge in [0, 0.05) is 32.6 Å². The Balaban J connectivity index is 1.12. The maximum atomic E-state index is 6.92. The van der Waals surface area contributed by atoms with Crippen LogP contribution in [-0.4, -0.2) is 0 Å². The van der Waals surface area contributed by atoms with Crippen LogP contribution in [0, 0.1) is 0 Å². The summed E-state index contributed by atoms with van der Waals surface area (Å²) in [5.41, 5.74) is 14.3. The summed E-state index contributed by atoms with van der Waals surface area (Å²) in [6.45, 7) is 4.66. The Morgan fingerprint density at radius 2 is 1.12 bits per heavy atom. The molecule has 52 heavy (non-hydrogen) atoms. The van der Waals surface area contributed by atoms with E-state index in [9.17, 15) is 0 Å². The van der Waals surface area contributed by atoms with E-state index in [1.807, 2.05) is 12.1 Å². The highest BCUT2D eigenvalue weighted by molar-refractivity contribution is 6.19. The summed E-state index contributed by atoms with van der Waals surface area (Å²) < 4.78 is 13.3. The Morgan fingerprint density at radius 3 is 2.02 bits per heavy atom. The Morgan fingerprint density at radius 1 is 0.442 bits per heavy atom. The van der Waals surface area contributed by atoms with Crippen molar-refractivity contribution in [3.63, 3.8) is 0 Å². The molecule has 11 rings (SSSR count). The molecule has 0 saturated carbocycles. The lowest BCUT2D eigenvalue weighted by molar-refractivity contribution is 0.660. The molecular formula is C49H33NO2. The first-order valence-electron chi connectivity index (χ1n) is 17.9. The second-order valence-electron chi connectivity index (χ2n) is 14.5. The topological polar surface area (TPSA) is 29.5 Å². The molecule has 0 saturated heterocycles. The van der Waals surface area contributed by atoms with Crippen LogP contribution in [0.4, 0.5) is 17.1 Å². The fraction of sp³-hybridized carbons (Fsp3) is 0.0612. The minimum atomic E-state index is -0.0168. The lowest BCUT2D eigenvalue weighted by atomic mass is 9.82. The van der Waals surface area contributed by atoms with E-state index in [0.717, 1.165) is 71.7 Å². The number of para-hydroxylation sites is 2. The molecule has 0 N–H and O–H groups in total. The van der Waals surface area contributed by atoms with E-state index in [2.05, 4.69) is 170 Å². The third-order valence-electron chi connectivity index (χ3n) is 11.3. The molecule has 0 amide bonds. The molecule has 10 aromatic rings. The molecule has 3 heteroatoms. The van der Waals surface area contributed by atoms with Gasteiger partial charge in [-0.1, -0.05) is 129 Å². The van der Waals surface area contributed by atoms with E-state index < -0.39 is 0 Å². The van der Waals surface area contributed by atoms with Gasteiger partial charge in [0.1, 0.15) is 16.7 Å². The Kier molecular flexibility index (Phi) is 6.01. The van der Waals surface area contributed by atoms with Crippen LogP contribution in [0.1, 0.15) is 25.0 Å². The largest absolute Gasteiger partial charge is 0.456 e. The lowest BCUT2D eigenvalue weighted by Gasteiger charge is -2.26. The molecule has 1 aliphatic carbocycles. The van der Waals surface area contributed by atoms with Gasteiger partial charge < -0.3 is 13.7 Å². The first-order valence-corrected chi connectivity index (χ1v) is 17.9. The number of rotatable bonds is 4. The van der Waals surface area contributed by atoms with Crippen molar-refractivity contribution < 1.29 is 8.83 Å². The zero-order chi connectivity index (χ0) is 34.6. The first kappa shape index (κ1) is 29.2. The second kappa shape index (κ2) is 10.7. The number of hydrogen-bond acceptors (Lipinski definition) is 3. The molecule has 3 nitrogen and oxygen atoms in total. The number of nitrogens with zero attached hydrogens (tertiary/aromatic N) is 1. The van der Waals surface area contributed by atoms with Gasteiger partial charge in [0.2, 0.25) is 0 Å². The van der Waals surface area contributed by atoms with Crippen molar-refractivity contribution in [1.29, 1.82) is 0 Å². The van der Waals surface area contributed by atoms with Crippen LogP contribution >= 0.6 is 0 Å². The van der Waals surface area contributed by atoms with E-state index >= 15 is 0 Å². The number of fused-ring (bicyclic) bond motifs is 11. The van der Waals surface area contributed by atoms with Crippen LogP contribution < -0.4 is 4.90 Å². The van der Waals surface area contributed by atoms with Crippen LogP contribution in [0.5, 0.6) is 0 Å². The summed E-state index contributed by atoms with van der Waals surface area (Å²) >= 11 is 0. The van der Waals surface area contributed by atoms with Gasteiger partial charge in [0.15, 0.2) is 5.58 Å². The van der Waals surface area contributed by atoms with Gasteiger partial charge in [0.05, 0.1) is 16.8 Å². The number of hydrogen-bond donors (Lipinski definition) is 0. The molecular weight excluding hydrogens is 635 g/mol. The average molecular weight is 668 g/mol. The van der Waals surface area contributed by atoms with Gasteiger partial charge in [-0.25, -0.2) is 0 Å². The highest BCUT2D eigenvalue weighted by atomic mass is 16.3. The van der Waals surface area contributed by atoms with Crippen molar-refractivity contribution in [3.05, 3.63) is 175 Å². The van der Waals surface area contributed by atoms with Crippen molar-refractivity contribution in [3.8, 4) is 22.3 Å². The maximum absolute atomic E-state index is 6.92. The molecule has 0 unspecified atom stereocenters. The van der Waals surface area contributed by atoms with Gasteiger partial charge in [0.25, 0.3) is 0 Å². The Bertz CT molecular complexity index is 3050. The molecule has 1 aliphatic rings. The molecule has 0 atom stereocenters. The molecule has 0 bridgehead atoms. The molecule has 2 aromatic heterocycles. The lowest BCUT2D eigenvalue weighted by Crippen LogP contribution is -2.14. The van der Waals surface area contributed by atoms with Crippen LogP contribution in [0.25, 0.3) is 76.9 Å². The van der Waals surface area contributed by atoms with Gasteiger partial charge >= 0.3 is 0 Å². The van der Waals surface area contributed by atoms with Gasteiger partial charge in [-0.3, -0.25) is 0 Å². The van der Waals surface area contributed by atoms with E-state index in [0.29, 0.717) is 0 Å². The molecule has 2 heterocycles. The van der Waals surface area contributed by atoms with Gasteiger partial charge in [-0.05, 0) is 87.3 Å². The standard InChI is InChI=1S/C49H33NO2/c1-49(2)40-16-7-5-13-35(40)39-29-32(24-28-41(39)49)30-21-25-33(26-22-30)50(42-17-10-20-45-46(42)38-14-6-8-19-44(38)51-45)43-18-9-15-36-37-27-23-31-11-3-4-12-34(31)47(37)52-48(36)43/h3-29H,1-2H3. The quantitative estimate of drug-likeness (QED) is 0.187. The second-order valence-corrected chi connectivity index (χ2v) is 14.5. The summed E-state index contributed by atoms with van der Waals surface area (Å²) in [7, 11) is 0. The van der Waals surface area contributed by atoms with Crippen LogP contribution in [0.2, 0.25) is 0 Å². The molecule has 0 aliphatic heterocycles. The van der Waals surface area contributed by atoms with E-state index in [-0.39, 0.29) is 5.41 Å². The number of anilines is 3. The minimum absolute atomic E-state index is 0.0168. The minimum Gasteiger partial charge on any atom is -0.456 e. The van der Waals surface area contributed by atoms with Crippen LogP contribution in [0.3, 0.4) is 0 Å². The summed E-state index contributed by atoms with van der Waals surface area (Å²) in [5, 5.41) is 6.63. The summed E-state index contributed by atoms with van der Waals surface area (Å²) in [5.74, 6) is 0. The smallest absolute Gasteiger partial charge is 0.159 e. The third-order valence-corrected chi connectivity index (χ3v) is 11.3. The third kappa shape index (κ3) is 4.08. The van der Waals surface area contributed by atoms with Crippen molar-refractivity contribution in [1.82, 2.24) is 0 Å².